The molecule has 1 amide bonds. The highest BCUT2D eigenvalue weighted by Crippen LogP contribution is 2.36. The second-order valence-corrected chi connectivity index (χ2v) is 9.52. The van der Waals surface area contributed by atoms with Gasteiger partial charge in [-0.05, 0) is 57.7 Å². The molecule has 1 saturated heterocycles. The van der Waals surface area contributed by atoms with Gasteiger partial charge in [0.1, 0.15) is 5.82 Å². The average Bonchev–Trinajstić information content (AvgIpc) is 3.65. The summed E-state index contributed by atoms with van der Waals surface area (Å²) in [6.07, 6.45) is 8.75. The van der Waals surface area contributed by atoms with Crippen LogP contribution in [-0.4, -0.2) is 74.2 Å². The van der Waals surface area contributed by atoms with E-state index in [1.807, 2.05) is 41.8 Å². The van der Waals surface area contributed by atoms with Crippen LogP contribution in [0.2, 0.25) is 0 Å². The second kappa shape index (κ2) is 11.0. The van der Waals surface area contributed by atoms with Crippen LogP contribution in [0.15, 0.2) is 36.7 Å². The monoisotopic (exact) mass is 493 g/mol. The number of aryl methyl sites for hydroxylation is 1. The highest BCUT2D eigenvalue weighted by Gasteiger charge is 2.32. The van der Waals surface area contributed by atoms with E-state index in [-0.39, 0.29) is 24.5 Å². The molecule has 1 saturated carbocycles. The van der Waals surface area contributed by atoms with Crippen LogP contribution in [-0.2, 0) is 17.8 Å². The molecule has 2 aromatic heterocycles. The number of nitrogens with one attached hydrogen (secondary N) is 1. The number of carbonyl (C=O) groups excluding carboxylic acids is 1. The van der Waals surface area contributed by atoms with E-state index in [9.17, 15) is 4.79 Å². The molecule has 1 aromatic carbocycles. The van der Waals surface area contributed by atoms with Crippen LogP contribution < -0.4 is 14.4 Å². The Balaban J connectivity index is 1.34. The Morgan fingerprint density at radius 2 is 2.06 bits per heavy atom. The van der Waals surface area contributed by atoms with Crippen molar-refractivity contribution in [2.45, 2.75) is 64.6 Å². The molecule has 0 radical (unpaired) electrons. The highest BCUT2D eigenvalue weighted by molar-refractivity contribution is 5.78. The van der Waals surface area contributed by atoms with Crippen molar-refractivity contribution in [1.29, 1.82) is 0 Å². The Morgan fingerprint density at radius 3 is 2.78 bits per heavy atom. The third-order valence-corrected chi connectivity index (χ3v) is 6.90. The van der Waals surface area contributed by atoms with Gasteiger partial charge in [0.15, 0.2) is 17.3 Å². The number of ether oxygens (including phenoxy) is 2. The van der Waals surface area contributed by atoms with Crippen molar-refractivity contribution in [3.8, 4) is 11.5 Å². The number of anilines is 1. The van der Waals surface area contributed by atoms with Crippen LogP contribution >= 0.6 is 0 Å². The number of amides is 1. The summed E-state index contributed by atoms with van der Waals surface area (Å²) >= 11 is 0. The minimum absolute atomic E-state index is 0.0303. The van der Waals surface area contributed by atoms with Crippen LogP contribution in [0.25, 0.3) is 0 Å². The zero-order valence-electron chi connectivity index (χ0n) is 21.1. The normalized spacial score (nSPS) is 18.6. The van der Waals surface area contributed by atoms with Gasteiger partial charge in [0.05, 0.1) is 31.7 Å². The first-order valence-corrected chi connectivity index (χ1v) is 12.9. The topological polar surface area (TPSA) is 101 Å². The number of benzene rings is 1. The average molecular weight is 494 g/mol. The lowest BCUT2D eigenvalue weighted by molar-refractivity contribution is -0.133. The summed E-state index contributed by atoms with van der Waals surface area (Å²) in [5, 5.41) is 11.4. The number of hydrogen-bond donors (Lipinski definition) is 1. The molecule has 36 heavy (non-hydrogen) atoms. The maximum atomic E-state index is 13.3. The summed E-state index contributed by atoms with van der Waals surface area (Å²) in [4.78, 5) is 21.9. The summed E-state index contributed by atoms with van der Waals surface area (Å²) in [5.41, 5.74) is 1.08. The van der Waals surface area contributed by atoms with E-state index < -0.39 is 0 Å². The minimum Gasteiger partial charge on any atom is -0.490 e. The van der Waals surface area contributed by atoms with Gasteiger partial charge in [0.2, 0.25) is 5.91 Å². The van der Waals surface area contributed by atoms with Gasteiger partial charge in [-0.1, -0.05) is 0 Å². The smallest absolute Gasteiger partial charge is 0.230 e. The molecule has 1 aliphatic heterocycles. The fraction of sp³-hybridized carbons (Fsp3) is 0.538. The van der Waals surface area contributed by atoms with E-state index in [0.29, 0.717) is 37.9 Å². The Morgan fingerprint density at radius 1 is 1.19 bits per heavy atom. The first kappa shape index (κ1) is 24.1. The summed E-state index contributed by atoms with van der Waals surface area (Å²) in [6.45, 7) is 7.06. The molecule has 1 unspecified atom stereocenters. The molecular weight excluding hydrogens is 458 g/mol. The quantitative estimate of drug-likeness (QED) is 0.489. The van der Waals surface area contributed by atoms with Crippen LogP contribution in [0.3, 0.4) is 0 Å². The van der Waals surface area contributed by atoms with E-state index in [1.165, 1.54) is 12.8 Å². The van der Waals surface area contributed by atoms with E-state index in [0.717, 1.165) is 36.6 Å². The zero-order chi connectivity index (χ0) is 24.9. The third-order valence-electron chi connectivity index (χ3n) is 6.90. The number of piperazine rings is 1. The Kier molecular flexibility index (Phi) is 7.39. The van der Waals surface area contributed by atoms with Crippen molar-refractivity contribution in [1.82, 2.24) is 29.9 Å². The van der Waals surface area contributed by atoms with Crippen molar-refractivity contribution in [3.05, 3.63) is 48.3 Å². The van der Waals surface area contributed by atoms with Gasteiger partial charge < -0.3 is 19.3 Å². The van der Waals surface area contributed by atoms with Crippen molar-refractivity contribution in [2.75, 3.05) is 31.1 Å². The molecule has 0 bridgehead atoms. The first-order valence-electron chi connectivity index (χ1n) is 12.9. The molecule has 3 aromatic rings. The molecule has 3 heterocycles. The number of carbonyl (C=O) groups is 1. The largest absolute Gasteiger partial charge is 0.490 e. The van der Waals surface area contributed by atoms with Crippen molar-refractivity contribution in [3.63, 3.8) is 0 Å². The SMILES string of the molecule is CCOc1ccc(N2CCN(C(=O)Cc3n[nH]c(C)n3)C(Cn3cccn3)C2)cc1OC1CCCC1. The predicted octanol–water partition coefficient (Wildman–Crippen LogP) is 2.99. The van der Waals surface area contributed by atoms with Gasteiger partial charge in [0.25, 0.3) is 0 Å². The number of aromatic amines is 1. The molecule has 10 nitrogen and oxygen atoms in total. The van der Waals surface area contributed by atoms with Crippen LogP contribution in [0.5, 0.6) is 11.5 Å². The number of aromatic nitrogens is 5. The van der Waals surface area contributed by atoms with Gasteiger partial charge in [0, 0.05) is 43.8 Å². The fourth-order valence-electron chi connectivity index (χ4n) is 5.15. The summed E-state index contributed by atoms with van der Waals surface area (Å²) in [6, 6.07) is 8.06. The van der Waals surface area contributed by atoms with E-state index in [1.54, 1.807) is 6.20 Å². The van der Waals surface area contributed by atoms with Gasteiger partial charge >= 0.3 is 0 Å². The summed E-state index contributed by atoms with van der Waals surface area (Å²) < 4.78 is 14.1. The summed E-state index contributed by atoms with van der Waals surface area (Å²) in [5.74, 6) is 2.86. The standard InChI is InChI=1S/C26H35N7O3/c1-3-35-23-10-9-20(15-24(23)36-22-7-4-5-8-22)31-13-14-33(21(17-31)18-32-12-6-11-27-32)26(34)16-25-28-19(2)29-30-25/h6,9-12,15,21-22H,3-5,7-8,13-14,16-18H2,1-2H3,(H,28,29,30). The number of hydrogen-bond acceptors (Lipinski definition) is 7. The van der Waals surface area contributed by atoms with Gasteiger partial charge in [-0.2, -0.15) is 10.2 Å². The molecule has 1 atom stereocenters. The predicted molar refractivity (Wildman–Crippen MR) is 135 cm³/mol. The third kappa shape index (κ3) is 5.63. The molecule has 2 aliphatic rings. The lowest BCUT2D eigenvalue weighted by Gasteiger charge is -2.42. The van der Waals surface area contributed by atoms with Crippen LogP contribution in [0.4, 0.5) is 5.69 Å². The van der Waals surface area contributed by atoms with Gasteiger partial charge in [-0.3, -0.25) is 14.6 Å². The summed E-state index contributed by atoms with van der Waals surface area (Å²) in [7, 11) is 0. The molecule has 0 spiro atoms. The molecule has 2 fully saturated rings. The Labute approximate surface area is 211 Å². The zero-order valence-corrected chi connectivity index (χ0v) is 21.1. The molecule has 1 aliphatic carbocycles. The van der Waals surface area contributed by atoms with Gasteiger partial charge in [-0.15, -0.1) is 0 Å². The number of H-pyrrole nitrogens is 1. The lowest BCUT2D eigenvalue weighted by Crippen LogP contribution is -2.57. The first-order chi connectivity index (χ1) is 17.6. The molecular formula is C26H35N7O3. The van der Waals surface area contributed by atoms with E-state index in [2.05, 4.69) is 37.3 Å². The fourth-order valence-corrected chi connectivity index (χ4v) is 5.15. The highest BCUT2D eigenvalue weighted by atomic mass is 16.5. The van der Waals surface area contributed by atoms with Crippen LogP contribution in [0, 0.1) is 6.92 Å². The van der Waals surface area contributed by atoms with Crippen molar-refractivity contribution < 1.29 is 14.3 Å². The minimum atomic E-state index is -0.0445. The van der Waals surface area contributed by atoms with Crippen molar-refractivity contribution in [2.24, 2.45) is 0 Å². The Bertz CT molecular complexity index is 1140. The number of rotatable bonds is 9. The van der Waals surface area contributed by atoms with E-state index in [4.69, 9.17) is 9.47 Å². The van der Waals surface area contributed by atoms with E-state index >= 15 is 0 Å². The maximum absolute atomic E-state index is 13.3. The molecule has 10 heteroatoms. The Hall–Kier alpha value is -3.56. The van der Waals surface area contributed by atoms with Gasteiger partial charge in [-0.25, -0.2) is 4.98 Å². The maximum Gasteiger partial charge on any atom is 0.230 e. The molecule has 192 valence electrons. The second-order valence-electron chi connectivity index (χ2n) is 9.52. The lowest BCUT2D eigenvalue weighted by atomic mass is 10.1. The molecule has 1 N–H and O–H groups in total. The number of nitrogens with zero attached hydrogens (tertiary/aromatic N) is 6. The molecule has 5 rings (SSSR count). The van der Waals surface area contributed by atoms with Crippen LogP contribution in [0.1, 0.15) is 44.3 Å². The van der Waals surface area contributed by atoms with Crippen molar-refractivity contribution >= 4 is 11.6 Å².